The number of hydrogen-bond acceptors (Lipinski definition) is 4. The first-order chi connectivity index (χ1) is 10.5. The Balaban J connectivity index is 2.30. The van der Waals surface area contributed by atoms with Crippen molar-refractivity contribution in [1.29, 1.82) is 0 Å². The first-order valence-corrected chi connectivity index (χ1v) is 7.46. The number of methoxy groups -OCH3 is 1. The van der Waals surface area contributed by atoms with Crippen LogP contribution in [0.1, 0.15) is 35.3 Å². The summed E-state index contributed by atoms with van der Waals surface area (Å²) < 4.78 is 5.33. The highest BCUT2D eigenvalue weighted by Gasteiger charge is 2.45. The van der Waals surface area contributed by atoms with Crippen molar-refractivity contribution in [1.82, 2.24) is 15.2 Å². The van der Waals surface area contributed by atoms with E-state index in [1.165, 1.54) is 0 Å². The number of aromatic nitrogens is 1. The lowest BCUT2D eigenvalue weighted by Gasteiger charge is -2.37. The lowest BCUT2D eigenvalue weighted by Crippen LogP contribution is -2.52. The third-order valence-electron chi connectivity index (χ3n) is 4.17. The van der Waals surface area contributed by atoms with Crippen molar-refractivity contribution in [2.75, 3.05) is 27.3 Å². The zero-order valence-electron chi connectivity index (χ0n) is 13.4. The van der Waals surface area contributed by atoms with Crippen molar-refractivity contribution in [2.24, 2.45) is 0 Å². The Morgan fingerprint density at radius 2 is 2.27 bits per heavy atom. The number of carbonyl (C=O) groups excluding carboxylic acids is 2. The van der Waals surface area contributed by atoms with Gasteiger partial charge in [-0.05, 0) is 31.9 Å². The summed E-state index contributed by atoms with van der Waals surface area (Å²) in [5.74, 6) is -0.147. The summed E-state index contributed by atoms with van der Waals surface area (Å²) in [6, 6.07) is 3.49. The molecule has 6 heteroatoms. The van der Waals surface area contributed by atoms with E-state index in [0.29, 0.717) is 18.7 Å². The third-order valence-corrected chi connectivity index (χ3v) is 4.17. The van der Waals surface area contributed by atoms with Crippen LogP contribution in [0.3, 0.4) is 0 Å². The molecule has 1 saturated heterocycles. The molecule has 120 valence electrons. The molecule has 0 saturated carbocycles. The van der Waals surface area contributed by atoms with E-state index in [4.69, 9.17) is 4.74 Å². The summed E-state index contributed by atoms with van der Waals surface area (Å²) in [5.41, 5.74) is 0.837. The van der Waals surface area contributed by atoms with Gasteiger partial charge in [0, 0.05) is 38.2 Å². The molecule has 0 spiro atoms. The number of hydrogen-bond donors (Lipinski definition) is 1. The molecule has 1 aromatic heterocycles. The van der Waals surface area contributed by atoms with Crippen molar-refractivity contribution < 1.29 is 14.3 Å². The first-order valence-electron chi connectivity index (χ1n) is 7.46. The van der Waals surface area contributed by atoms with E-state index in [-0.39, 0.29) is 18.2 Å². The molecule has 22 heavy (non-hydrogen) atoms. The van der Waals surface area contributed by atoms with E-state index in [1.54, 1.807) is 37.4 Å². The van der Waals surface area contributed by atoms with Gasteiger partial charge < -0.3 is 15.0 Å². The summed E-state index contributed by atoms with van der Waals surface area (Å²) in [4.78, 5) is 30.7. The van der Waals surface area contributed by atoms with E-state index < -0.39 is 5.54 Å². The van der Waals surface area contributed by atoms with Crippen LogP contribution >= 0.6 is 0 Å². The number of carbonyl (C=O) groups is 2. The highest BCUT2D eigenvalue weighted by molar-refractivity contribution is 5.95. The van der Waals surface area contributed by atoms with E-state index in [9.17, 15) is 9.59 Å². The van der Waals surface area contributed by atoms with Gasteiger partial charge in [0.1, 0.15) is 0 Å². The average molecular weight is 305 g/mol. The molecule has 0 bridgehead atoms. The molecule has 2 amide bonds. The lowest BCUT2D eigenvalue weighted by molar-refractivity contribution is -0.123. The Hall–Kier alpha value is -1.95. The van der Waals surface area contributed by atoms with Crippen LogP contribution in [-0.2, 0) is 9.53 Å². The second kappa shape index (κ2) is 6.87. The van der Waals surface area contributed by atoms with Crippen LogP contribution in [0.2, 0.25) is 0 Å². The summed E-state index contributed by atoms with van der Waals surface area (Å²) >= 11 is 0. The molecular formula is C16H23N3O3. The van der Waals surface area contributed by atoms with E-state index in [0.717, 1.165) is 18.5 Å². The molecule has 2 heterocycles. The summed E-state index contributed by atoms with van der Waals surface area (Å²) in [6.07, 6.45) is 3.53. The SMILES string of the molecule is CNC(=O)CC1(COC)CCCN1C(=O)c1ccnc(C)c1. The number of nitrogens with one attached hydrogen (secondary N) is 1. The molecule has 0 radical (unpaired) electrons. The third kappa shape index (κ3) is 3.27. The largest absolute Gasteiger partial charge is 0.382 e. The van der Waals surface area contributed by atoms with Crippen LogP contribution in [0.15, 0.2) is 18.3 Å². The van der Waals surface area contributed by atoms with Crippen molar-refractivity contribution in [3.05, 3.63) is 29.6 Å². The molecule has 6 nitrogen and oxygen atoms in total. The van der Waals surface area contributed by atoms with Gasteiger partial charge in [0.15, 0.2) is 0 Å². The van der Waals surface area contributed by atoms with Gasteiger partial charge in [-0.25, -0.2) is 0 Å². The first kappa shape index (κ1) is 16.4. The van der Waals surface area contributed by atoms with Crippen LogP contribution in [0, 0.1) is 6.92 Å². The molecule has 1 aliphatic rings. The van der Waals surface area contributed by atoms with Gasteiger partial charge >= 0.3 is 0 Å². The average Bonchev–Trinajstić information content (AvgIpc) is 2.90. The monoisotopic (exact) mass is 305 g/mol. The van der Waals surface area contributed by atoms with Crippen molar-refractivity contribution in [3.8, 4) is 0 Å². The summed E-state index contributed by atoms with van der Waals surface area (Å²) in [5, 5.41) is 2.64. The zero-order chi connectivity index (χ0) is 16.2. The van der Waals surface area contributed by atoms with Gasteiger partial charge in [0.2, 0.25) is 5.91 Å². The Kier molecular flexibility index (Phi) is 5.13. The Labute approximate surface area is 130 Å². The van der Waals surface area contributed by atoms with Gasteiger partial charge in [0.25, 0.3) is 5.91 Å². The van der Waals surface area contributed by atoms with E-state index >= 15 is 0 Å². The predicted molar refractivity (Wildman–Crippen MR) is 82.5 cm³/mol. The maximum absolute atomic E-state index is 12.9. The second-order valence-electron chi connectivity index (χ2n) is 5.75. The van der Waals surface area contributed by atoms with E-state index in [1.807, 2.05) is 6.92 Å². The minimum atomic E-state index is -0.566. The number of amides is 2. The van der Waals surface area contributed by atoms with E-state index in [2.05, 4.69) is 10.3 Å². The highest BCUT2D eigenvalue weighted by atomic mass is 16.5. The van der Waals surface area contributed by atoms with Crippen LogP contribution in [0.4, 0.5) is 0 Å². The molecule has 2 rings (SSSR count). The quantitative estimate of drug-likeness (QED) is 0.886. The Bertz CT molecular complexity index is 561. The molecule has 1 unspecified atom stereocenters. The fraction of sp³-hybridized carbons (Fsp3) is 0.562. The van der Waals surface area contributed by atoms with Gasteiger partial charge in [-0.1, -0.05) is 0 Å². The van der Waals surface area contributed by atoms with Crippen molar-refractivity contribution in [3.63, 3.8) is 0 Å². The summed E-state index contributed by atoms with van der Waals surface area (Å²) in [7, 11) is 3.21. The smallest absolute Gasteiger partial charge is 0.254 e. The highest BCUT2D eigenvalue weighted by Crippen LogP contribution is 2.34. The van der Waals surface area contributed by atoms with Crippen LogP contribution in [0.5, 0.6) is 0 Å². The number of pyridine rings is 1. The van der Waals surface area contributed by atoms with Crippen molar-refractivity contribution in [2.45, 2.75) is 31.7 Å². The minimum absolute atomic E-state index is 0.0658. The second-order valence-corrected chi connectivity index (χ2v) is 5.75. The fourth-order valence-electron chi connectivity index (χ4n) is 3.13. The maximum atomic E-state index is 12.9. The number of nitrogens with zero attached hydrogens (tertiary/aromatic N) is 2. The Morgan fingerprint density at radius 1 is 1.50 bits per heavy atom. The van der Waals surface area contributed by atoms with Crippen LogP contribution in [0.25, 0.3) is 0 Å². The van der Waals surface area contributed by atoms with Gasteiger partial charge in [-0.2, -0.15) is 0 Å². The number of aryl methyl sites for hydroxylation is 1. The lowest BCUT2D eigenvalue weighted by atomic mass is 9.91. The fourth-order valence-corrected chi connectivity index (χ4v) is 3.13. The minimum Gasteiger partial charge on any atom is -0.382 e. The van der Waals surface area contributed by atoms with Gasteiger partial charge in [0.05, 0.1) is 18.6 Å². The topological polar surface area (TPSA) is 71.5 Å². The molecule has 0 aliphatic carbocycles. The van der Waals surface area contributed by atoms with Crippen LogP contribution in [-0.4, -0.2) is 54.5 Å². The normalized spacial score (nSPS) is 21.0. The standard InChI is InChI=1S/C16H23N3O3/c1-12-9-13(5-7-18-12)15(21)19-8-4-6-16(19,11-22-3)10-14(20)17-2/h5,7,9H,4,6,8,10-11H2,1-3H3,(H,17,20). The van der Waals surface area contributed by atoms with Gasteiger partial charge in [-0.3, -0.25) is 14.6 Å². The molecule has 1 aliphatic heterocycles. The molecular weight excluding hydrogens is 282 g/mol. The molecule has 0 aromatic carbocycles. The number of rotatable bonds is 5. The molecule has 1 atom stereocenters. The Morgan fingerprint density at radius 3 is 2.91 bits per heavy atom. The van der Waals surface area contributed by atoms with Crippen LogP contribution < -0.4 is 5.32 Å². The maximum Gasteiger partial charge on any atom is 0.254 e. The summed E-state index contributed by atoms with van der Waals surface area (Å²) in [6.45, 7) is 2.85. The number of likely N-dealkylation sites (tertiary alicyclic amines) is 1. The molecule has 1 N–H and O–H groups in total. The van der Waals surface area contributed by atoms with Gasteiger partial charge in [-0.15, -0.1) is 0 Å². The molecule has 1 fully saturated rings. The zero-order valence-corrected chi connectivity index (χ0v) is 13.4. The van der Waals surface area contributed by atoms with Crippen molar-refractivity contribution >= 4 is 11.8 Å². The number of ether oxygens (including phenoxy) is 1. The molecule has 1 aromatic rings. The predicted octanol–water partition coefficient (Wildman–Crippen LogP) is 1.15.